The van der Waals surface area contributed by atoms with Gasteiger partial charge in [-0.2, -0.15) is 0 Å². The third-order valence-electron chi connectivity index (χ3n) is 2.90. The van der Waals surface area contributed by atoms with Gasteiger partial charge in [-0.25, -0.2) is 0 Å². The van der Waals surface area contributed by atoms with Crippen molar-refractivity contribution in [1.29, 1.82) is 0 Å². The summed E-state index contributed by atoms with van der Waals surface area (Å²) in [6.45, 7) is 3.87. The standard InChI is InChI=1S/C11H15N3O3/c1-3-9-10(15)12-7(2)11(16)14(9)6-8-4-5-17-13-8/h4-5,7,9H,3,6H2,1-2H3,(H,12,15). The van der Waals surface area contributed by atoms with Crippen molar-refractivity contribution >= 4 is 11.8 Å². The average molecular weight is 237 g/mol. The highest BCUT2D eigenvalue weighted by Gasteiger charge is 2.37. The van der Waals surface area contributed by atoms with Gasteiger partial charge < -0.3 is 14.7 Å². The zero-order valence-corrected chi connectivity index (χ0v) is 9.84. The van der Waals surface area contributed by atoms with Crippen molar-refractivity contribution in [2.24, 2.45) is 0 Å². The normalized spacial score (nSPS) is 24.9. The lowest BCUT2D eigenvalue weighted by atomic mass is 10.1. The largest absolute Gasteiger partial charge is 0.364 e. The molecule has 2 rings (SSSR count). The van der Waals surface area contributed by atoms with Crippen molar-refractivity contribution < 1.29 is 14.1 Å². The van der Waals surface area contributed by atoms with Gasteiger partial charge in [0.05, 0.1) is 6.54 Å². The van der Waals surface area contributed by atoms with Gasteiger partial charge in [-0.05, 0) is 13.3 Å². The number of carbonyl (C=O) groups is 2. The fourth-order valence-electron chi connectivity index (χ4n) is 2.00. The number of nitrogens with one attached hydrogen (secondary N) is 1. The minimum atomic E-state index is -0.475. The second-order valence-corrected chi connectivity index (χ2v) is 4.11. The van der Waals surface area contributed by atoms with Crippen molar-refractivity contribution in [3.05, 3.63) is 18.0 Å². The summed E-state index contributed by atoms with van der Waals surface area (Å²) >= 11 is 0. The fourth-order valence-corrected chi connectivity index (χ4v) is 2.00. The highest BCUT2D eigenvalue weighted by Crippen LogP contribution is 2.16. The van der Waals surface area contributed by atoms with E-state index >= 15 is 0 Å². The van der Waals surface area contributed by atoms with Crippen molar-refractivity contribution in [1.82, 2.24) is 15.4 Å². The van der Waals surface area contributed by atoms with Crippen molar-refractivity contribution in [3.8, 4) is 0 Å². The summed E-state index contributed by atoms with van der Waals surface area (Å²) in [5.74, 6) is -0.192. The lowest BCUT2D eigenvalue weighted by molar-refractivity contribution is -0.149. The Morgan fingerprint density at radius 3 is 2.88 bits per heavy atom. The Morgan fingerprint density at radius 1 is 1.53 bits per heavy atom. The number of aromatic nitrogens is 1. The summed E-state index contributed by atoms with van der Waals surface area (Å²) in [5.41, 5.74) is 0.652. The maximum Gasteiger partial charge on any atom is 0.245 e. The van der Waals surface area contributed by atoms with E-state index in [1.807, 2.05) is 6.92 Å². The molecule has 1 N–H and O–H groups in total. The first-order valence-corrected chi connectivity index (χ1v) is 5.63. The molecule has 1 aromatic rings. The van der Waals surface area contributed by atoms with Crippen LogP contribution in [0.15, 0.2) is 16.9 Å². The quantitative estimate of drug-likeness (QED) is 0.820. The second kappa shape index (κ2) is 4.57. The van der Waals surface area contributed by atoms with E-state index in [1.54, 1.807) is 17.9 Å². The maximum atomic E-state index is 12.0. The first-order chi connectivity index (χ1) is 8.13. The van der Waals surface area contributed by atoms with Gasteiger partial charge in [-0.1, -0.05) is 12.1 Å². The summed E-state index contributed by atoms with van der Waals surface area (Å²) in [4.78, 5) is 25.3. The molecule has 92 valence electrons. The molecule has 1 fully saturated rings. The average Bonchev–Trinajstić information content (AvgIpc) is 2.78. The first kappa shape index (κ1) is 11.6. The number of carbonyl (C=O) groups excluding carboxylic acids is 2. The molecule has 0 spiro atoms. The molecule has 0 aliphatic carbocycles. The highest BCUT2D eigenvalue weighted by atomic mass is 16.5. The molecule has 2 atom stereocenters. The Balaban J connectivity index is 2.20. The molecule has 1 saturated heterocycles. The first-order valence-electron chi connectivity index (χ1n) is 5.63. The lowest BCUT2D eigenvalue weighted by Gasteiger charge is -2.37. The van der Waals surface area contributed by atoms with E-state index in [4.69, 9.17) is 4.52 Å². The van der Waals surface area contributed by atoms with Gasteiger partial charge in [0.25, 0.3) is 0 Å². The Kier molecular flexibility index (Phi) is 3.12. The van der Waals surface area contributed by atoms with Gasteiger partial charge in [0.15, 0.2) is 0 Å². The molecule has 0 saturated carbocycles. The van der Waals surface area contributed by atoms with E-state index in [0.717, 1.165) is 0 Å². The highest BCUT2D eigenvalue weighted by molar-refractivity contribution is 5.96. The van der Waals surface area contributed by atoms with Crippen LogP contribution in [0.1, 0.15) is 26.0 Å². The summed E-state index contributed by atoms with van der Waals surface area (Å²) in [5, 5.41) is 6.43. The zero-order valence-electron chi connectivity index (χ0n) is 9.84. The summed E-state index contributed by atoms with van der Waals surface area (Å²) < 4.78 is 4.73. The van der Waals surface area contributed by atoms with E-state index in [0.29, 0.717) is 18.7 Å². The van der Waals surface area contributed by atoms with Crippen molar-refractivity contribution in [3.63, 3.8) is 0 Å². The molecule has 2 amide bonds. The summed E-state index contributed by atoms with van der Waals surface area (Å²) in [7, 11) is 0. The number of amides is 2. The molecule has 0 bridgehead atoms. The van der Waals surface area contributed by atoms with E-state index in [2.05, 4.69) is 10.5 Å². The van der Waals surface area contributed by atoms with E-state index in [1.165, 1.54) is 6.26 Å². The smallest absolute Gasteiger partial charge is 0.245 e. The van der Waals surface area contributed by atoms with Gasteiger partial charge >= 0.3 is 0 Å². The lowest BCUT2D eigenvalue weighted by Crippen LogP contribution is -2.61. The van der Waals surface area contributed by atoms with Crippen LogP contribution >= 0.6 is 0 Å². The van der Waals surface area contributed by atoms with Crippen LogP contribution in [0, 0.1) is 0 Å². The van der Waals surface area contributed by atoms with Crippen molar-refractivity contribution in [2.45, 2.75) is 38.9 Å². The van der Waals surface area contributed by atoms with E-state index in [-0.39, 0.29) is 11.8 Å². The number of nitrogens with zero attached hydrogens (tertiary/aromatic N) is 2. The number of hydrogen-bond donors (Lipinski definition) is 1. The zero-order chi connectivity index (χ0) is 12.4. The molecule has 6 nitrogen and oxygen atoms in total. The molecule has 2 heterocycles. The summed E-state index contributed by atoms with van der Waals surface area (Å²) in [6, 6.07) is 0.796. The topological polar surface area (TPSA) is 75.4 Å². The number of rotatable bonds is 3. The number of hydrogen-bond acceptors (Lipinski definition) is 4. The van der Waals surface area contributed by atoms with Crippen molar-refractivity contribution in [2.75, 3.05) is 0 Å². The molecule has 1 aliphatic rings. The third-order valence-corrected chi connectivity index (χ3v) is 2.90. The molecule has 1 aliphatic heterocycles. The van der Waals surface area contributed by atoms with Crippen LogP contribution in [0.5, 0.6) is 0 Å². The predicted molar refractivity (Wildman–Crippen MR) is 58.7 cm³/mol. The van der Waals surface area contributed by atoms with Crippen LogP contribution in [-0.4, -0.2) is 34.0 Å². The minimum Gasteiger partial charge on any atom is -0.364 e. The van der Waals surface area contributed by atoms with Gasteiger partial charge in [0.1, 0.15) is 24.0 Å². The molecule has 17 heavy (non-hydrogen) atoms. The molecule has 6 heteroatoms. The Hall–Kier alpha value is -1.85. The molecule has 0 aromatic carbocycles. The van der Waals surface area contributed by atoms with Crippen LogP contribution in [0.3, 0.4) is 0 Å². The predicted octanol–water partition coefficient (Wildman–Crippen LogP) is 0.300. The van der Waals surface area contributed by atoms with E-state index < -0.39 is 12.1 Å². The summed E-state index contributed by atoms with van der Waals surface area (Å²) in [6.07, 6.45) is 2.04. The molecule has 1 aromatic heterocycles. The SMILES string of the molecule is CCC1C(=O)NC(C)C(=O)N1Cc1ccon1. The van der Waals surface area contributed by atoms with Crippen LogP contribution in [0.2, 0.25) is 0 Å². The monoisotopic (exact) mass is 237 g/mol. The fraction of sp³-hybridized carbons (Fsp3) is 0.545. The molecule has 2 unspecified atom stereocenters. The Labute approximate surface area is 98.9 Å². The van der Waals surface area contributed by atoms with Crippen LogP contribution in [0.4, 0.5) is 0 Å². The minimum absolute atomic E-state index is 0.0838. The van der Waals surface area contributed by atoms with Crippen LogP contribution in [-0.2, 0) is 16.1 Å². The molecule has 0 radical (unpaired) electrons. The van der Waals surface area contributed by atoms with Gasteiger partial charge in [0.2, 0.25) is 11.8 Å². The maximum absolute atomic E-state index is 12.0. The Morgan fingerprint density at radius 2 is 2.29 bits per heavy atom. The molecular weight excluding hydrogens is 222 g/mol. The van der Waals surface area contributed by atoms with Gasteiger partial charge in [-0.15, -0.1) is 0 Å². The molecular formula is C11H15N3O3. The Bertz CT molecular complexity index is 416. The second-order valence-electron chi connectivity index (χ2n) is 4.11. The van der Waals surface area contributed by atoms with E-state index in [9.17, 15) is 9.59 Å². The van der Waals surface area contributed by atoms with Crippen LogP contribution < -0.4 is 5.32 Å². The van der Waals surface area contributed by atoms with Crippen LogP contribution in [0.25, 0.3) is 0 Å². The number of piperazine rings is 1. The third kappa shape index (κ3) is 2.15. The van der Waals surface area contributed by atoms with Gasteiger partial charge in [0, 0.05) is 6.07 Å². The van der Waals surface area contributed by atoms with Gasteiger partial charge in [-0.3, -0.25) is 9.59 Å².